The van der Waals surface area contributed by atoms with Gasteiger partial charge in [-0.15, -0.1) is 11.3 Å². The van der Waals surface area contributed by atoms with Crippen LogP contribution in [-0.2, 0) is 6.42 Å². The molecular weight excluding hydrogens is 240 g/mol. The van der Waals surface area contributed by atoms with Crippen LogP contribution in [-0.4, -0.2) is 5.78 Å². The highest BCUT2D eigenvalue weighted by Crippen LogP contribution is 2.21. The number of Topliss-reactive ketones (excluding diaryl/α,β-unsaturated/α-hetero) is 1. The average molecular weight is 252 g/mol. The zero-order chi connectivity index (χ0) is 12.4. The number of carbonyl (C=O) groups excluding carboxylic acids is 1. The molecule has 2 heteroatoms. The molecule has 1 aromatic heterocycles. The lowest BCUT2D eigenvalue weighted by Gasteiger charge is -2.04. The van der Waals surface area contributed by atoms with Crippen LogP contribution in [0.15, 0.2) is 60.0 Å². The van der Waals surface area contributed by atoms with Gasteiger partial charge >= 0.3 is 0 Å². The smallest absolute Gasteiger partial charge is 0.168 e. The normalized spacial score (nSPS) is 10.7. The molecule has 1 heterocycles. The van der Waals surface area contributed by atoms with Crippen molar-refractivity contribution in [2.75, 3.05) is 0 Å². The minimum Gasteiger partial charge on any atom is -0.294 e. The summed E-state index contributed by atoms with van der Waals surface area (Å²) in [4.78, 5) is 13.5. The van der Waals surface area contributed by atoms with E-state index in [0.29, 0.717) is 6.42 Å². The second-order valence-electron chi connectivity index (χ2n) is 4.21. The molecule has 1 nitrogen and oxygen atoms in total. The van der Waals surface area contributed by atoms with Crippen LogP contribution in [0, 0.1) is 0 Å². The average Bonchev–Trinajstić information content (AvgIpc) is 2.91. The lowest BCUT2D eigenvalue weighted by atomic mass is 9.99. The highest BCUT2D eigenvalue weighted by Gasteiger charge is 2.10. The molecule has 0 saturated heterocycles. The molecule has 0 N–H and O–H groups in total. The van der Waals surface area contributed by atoms with Crippen molar-refractivity contribution in [3.63, 3.8) is 0 Å². The van der Waals surface area contributed by atoms with E-state index in [1.165, 1.54) is 0 Å². The van der Waals surface area contributed by atoms with E-state index >= 15 is 0 Å². The first-order valence-electron chi connectivity index (χ1n) is 5.88. The summed E-state index contributed by atoms with van der Waals surface area (Å²) in [5, 5.41) is 4.17. The third-order valence-corrected chi connectivity index (χ3v) is 3.88. The van der Waals surface area contributed by atoms with Crippen molar-refractivity contribution in [2.45, 2.75) is 6.42 Å². The van der Waals surface area contributed by atoms with E-state index in [1.54, 1.807) is 11.3 Å². The molecule has 0 unspecified atom stereocenters. The minimum absolute atomic E-state index is 0.189. The number of carbonyl (C=O) groups is 1. The van der Waals surface area contributed by atoms with Crippen molar-refractivity contribution < 1.29 is 4.79 Å². The first-order valence-corrected chi connectivity index (χ1v) is 6.76. The third kappa shape index (κ3) is 2.07. The third-order valence-electron chi connectivity index (χ3n) is 3.00. The second-order valence-corrected chi connectivity index (χ2v) is 5.24. The highest BCUT2D eigenvalue weighted by atomic mass is 32.1. The van der Waals surface area contributed by atoms with Crippen molar-refractivity contribution in [1.29, 1.82) is 0 Å². The Hall–Kier alpha value is -1.93. The summed E-state index contributed by atoms with van der Waals surface area (Å²) >= 11 is 1.63. The van der Waals surface area contributed by atoms with Gasteiger partial charge in [0.1, 0.15) is 0 Å². The van der Waals surface area contributed by atoms with Crippen LogP contribution in [0.5, 0.6) is 0 Å². The summed E-state index contributed by atoms with van der Waals surface area (Å²) in [7, 11) is 0. The van der Waals surface area contributed by atoms with Crippen LogP contribution >= 0.6 is 11.3 Å². The molecule has 18 heavy (non-hydrogen) atoms. The summed E-state index contributed by atoms with van der Waals surface area (Å²) in [6, 6.07) is 17.9. The van der Waals surface area contributed by atoms with Gasteiger partial charge in [0.25, 0.3) is 0 Å². The van der Waals surface area contributed by atoms with E-state index in [2.05, 4.69) is 0 Å². The quantitative estimate of drug-likeness (QED) is 0.634. The largest absolute Gasteiger partial charge is 0.294 e. The summed E-state index contributed by atoms with van der Waals surface area (Å²) in [5.41, 5.74) is 0.821. The van der Waals surface area contributed by atoms with E-state index in [4.69, 9.17) is 0 Å². The summed E-state index contributed by atoms with van der Waals surface area (Å²) in [6.45, 7) is 0. The predicted molar refractivity (Wildman–Crippen MR) is 76.3 cm³/mol. The summed E-state index contributed by atoms with van der Waals surface area (Å²) < 4.78 is 0. The Morgan fingerprint density at radius 1 is 0.944 bits per heavy atom. The molecule has 88 valence electrons. The van der Waals surface area contributed by atoms with Gasteiger partial charge in [0.2, 0.25) is 0 Å². The number of thiophene rings is 1. The Morgan fingerprint density at radius 2 is 1.78 bits per heavy atom. The number of fused-ring (bicyclic) bond motifs is 1. The van der Waals surface area contributed by atoms with E-state index in [-0.39, 0.29) is 5.78 Å². The highest BCUT2D eigenvalue weighted by molar-refractivity contribution is 7.10. The molecule has 0 aliphatic carbocycles. The molecule has 0 fully saturated rings. The summed E-state index contributed by atoms with van der Waals surface area (Å²) in [5.74, 6) is 0.189. The van der Waals surface area contributed by atoms with Gasteiger partial charge in [-0.25, -0.2) is 0 Å². The zero-order valence-electron chi connectivity index (χ0n) is 9.80. The molecule has 0 aliphatic heterocycles. The van der Waals surface area contributed by atoms with Gasteiger partial charge < -0.3 is 0 Å². The van der Waals surface area contributed by atoms with Gasteiger partial charge in [0.15, 0.2) is 5.78 Å². The number of ketones is 1. The monoisotopic (exact) mass is 252 g/mol. The molecule has 0 radical (unpaired) electrons. The first kappa shape index (κ1) is 11.2. The lowest BCUT2D eigenvalue weighted by molar-refractivity contribution is 0.0995. The van der Waals surface area contributed by atoms with Gasteiger partial charge in [-0.2, -0.15) is 0 Å². The van der Waals surface area contributed by atoms with Crippen molar-refractivity contribution in [1.82, 2.24) is 0 Å². The molecule has 0 aliphatic rings. The Balaban J connectivity index is 2.01. The number of benzene rings is 2. The Kier molecular flexibility index (Phi) is 2.95. The van der Waals surface area contributed by atoms with Crippen molar-refractivity contribution in [3.8, 4) is 0 Å². The van der Waals surface area contributed by atoms with Gasteiger partial charge in [-0.05, 0) is 22.2 Å². The van der Waals surface area contributed by atoms with Crippen LogP contribution in [0.3, 0.4) is 0 Å². The fourth-order valence-corrected chi connectivity index (χ4v) is 2.84. The maximum Gasteiger partial charge on any atom is 0.168 e. The number of rotatable bonds is 3. The Morgan fingerprint density at radius 3 is 2.61 bits per heavy atom. The van der Waals surface area contributed by atoms with E-state index in [1.807, 2.05) is 60.0 Å². The van der Waals surface area contributed by atoms with Crippen LogP contribution in [0.2, 0.25) is 0 Å². The van der Waals surface area contributed by atoms with Gasteiger partial charge in [0, 0.05) is 16.9 Å². The minimum atomic E-state index is 0.189. The molecule has 3 rings (SSSR count). The van der Waals surface area contributed by atoms with Crippen LogP contribution in [0.4, 0.5) is 0 Å². The van der Waals surface area contributed by atoms with Crippen molar-refractivity contribution in [2.24, 2.45) is 0 Å². The SMILES string of the molecule is O=C(Cc1cccs1)c1cccc2ccccc12. The van der Waals surface area contributed by atoms with Crippen molar-refractivity contribution in [3.05, 3.63) is 70.4 Å². The van der Waals surface area contributed by atoms with E-state index < -0.39 is 0 Å². The van der Waals surface area contributed by atoms with E-state index in [9.17, 15) is 4.79 Å². The molecular formula is C16H12OS. The molecule has 0 saturated carbocycles. The molecule has 0 atom stereocenters. The second kappa shape index (κ2) is 4.75. The fraction of sp³-hybridized carbons (Fsp3) is 0.0625. The topological polar surface area (TPSA) is 17.1 Å². The molecule has 0 spiro atoms. The van der Waals surface area contributed by atoms with Gasteiger partial charge in [0.05, 0.1) is 0 Å². The number of hydrogen-bond acceptors (Lipinski definition) is 2. The van der Waals surface area contributed by atoms with E-state index in [0.717, 1.165) is 21.2 Å². The standard InChI is InChI=1S/C16H12OS/c17-16(11-13-7-4-10-18-13)15-9-3-6-12-5-1-2-8-14(12)15/h1-10H,11H2. The maximum atomic E-state index is 12.3. The van der Waals surface area contributed by atoms with Crippen LogP contribution in [0.25, 0.3) is 10.8 Å². The van der Waals surface area contributed by atoms with Gasteiger partial charge in [-0.3, -0.25) is 4.79 Å². The van der Waals surface area contributed by atoms with Crippen molar-refractivity contribution >= 4 is 27.9 Å². The molecule has 3 aromatic rings. The molecule has 0 bridgehead atoms. The first-order chi connectivity index (χ1) is 8.84. The molecule has 0 amide bonds. The lowest BCUT2D eigenvalue weighted by Crippen LogP contribution is -2.02. The maximum absolute atomic E-state index is 12.3. The molecule has 2 aromatic carbocycles. The Labute approximate surface area is 110 Å². The zero-order valence-corrected chi connectivity index (χ0v) is 10.6. The number of hydrogen-bond donors (Lipinski definition) is 0. The Bertz CT molecular complexity index is 678. The van der Waals surface area contributed by atoms with Crippen LogP contribution in [0.1, 0.15) is 15.2 Å². The van der Waals surface area contributed by atoms with Crippen LogP contribution < -0.4 is 0 Å². The predicted octanol–water partition coefficient (Wildman–Crippen LogP) is 4.33. The summed E-state index contributed by atoms with van der Waals surface area (Å²) in [6.07, 6.45) is 0.492. The fourth-order valence-electron chi connectivity index (χ4n) is 2.14. The van der Waals surface area contributed by atoms with Gasteiger partial charge in [-0.1, -0.05) is 48.5 Å².